The normalized spacial score (nSPS) is 20.5. The lowest BCUT2D eigenvalue weighted by Crippen LogP contribution is -2.54. The van der Waals surface area contributed by atoms with Gasteiger partial charge in [-0.05, 0) is 70.7 Å². The molecule has 2 unspecified atom stereocenters. The number of benzene rings is 2. The van der Waals surface area contributed by atoms with Crippen molar-refractivity contribution in [2.24, 2.45) is 0 Å². The SMILES string of the molecule is Cc1csc([C@H]2CCCN2C(=O)c2cc(C(=O)N[C@@H](Cc3ccccc3)[C@H](O)C3CC(F)CN3C(=O)OC(C)(C)C)cc(-c3ncco3)c2)n1. The first-order chi connectivity index (χ1) is 23.9. The quantitative estimate of drug-likeness (QED) is 0.212. The van der Waals surface area contributed by atoms with Crippen LogP contribution in [0.4, 0.5) is 9.18 Å². The lowest BCUT2D eigenvalue weighted by atomic mass is 9.94. The van der Waals surface area contributed by atoms with E-state index in [1.54, 1.807) is 37.8 Å². The zero-order valence-electron chi connectivity index (χ0n) is 28.5. The number of hydrogen-bond acceptors (Lipinski definition) is 9. The summed E-state index contributed by atoms with van der Waals surface area (Å²) in [5, 5.41) is 17.6. The summed E-state index contributed by atoms with van der Waals surface area (Å²) in [7, 11) is 0. The molecule has 11 nitrogen and oxygen atoms in total. The van der Waals surface area contributed by atoms with Gasteiger partial charge in [-0.1, -0.05) is 30.3 Å². The number of carbonyl (C=O) groups is 3. The maximum atomic E-state index is 14.9. The third-order valence-corrected chi connectivity index (χ3v) is 9.96. The Morgan fingerprint density at radius 1 is 1.14 bits per heavy atom. The van der Waals surface area contributed by atoms with Crippen molar-refractivity contribution in [3.8, 4) is 11.5 Å². The van der Waals surface area contributed by atoms with E-state index in [1.807, 2.05) is 42.6 Å². The minimum Gasteiger partial charge on any atom is -0.445 e. The number of aromatic nitrogens is 2. The minimum atomic E-state index is -1.37. The number of carbonyl (C=O) groups excluding carboxylic acids is 3. The summed E-state index contributed by atoms with van der Waals surface area (Å²) < 4.78 is 25.9. The van der Waals surface area contributed by atoms with Gasteiger partial charge >= 0.3 is 6.09 Å². The second-order valence-corrected chi connectivity index (χ2v) is 14.8. The van der Waals surface area contributed by atoms with Crippen molar-refractivity contribution in [2.45, 2.75) is 89.4 Å². The second kappa shape index (κ2) is 14.7. The van der Waals surface area contributed by atoms with Crippen molar-refractivity contribution >= 4 is 29.2 Å². The monoisotopic (exact) mass is 703 g/mol. The fourth-order valence-corrected chi connectivity index (χ4v) is 7.58. The number of aliphatic hydroxyl groups is 1. The topological polar surface area (TPSA) is 138 Å². The van der Waals surface area contributed by atoms with E-state index in [-0.39, 0.29) is 48.4 Å². The summed E-state index contributed by atoms with van der Waals surface area (Å²) in [5.74, 6) is -0.591. The molecule has 264 valence electrons. The number of amides is 3. The van der Waals surface area contributed by atoms with Crippen LogP contribution in [0, 0.1) is 6.92 Å². The maximum Gasteiger partial charge on any atom is 0.410 e. The number of aliphatic hydroxyl groups excluding tert-OH is 1. The van der Waals surface area contributed by atoms with Gasteiger partial charge in [-0.25, -0.2) is 19.2 Å². The minimum absolute atomic E-state index is 0.116. The van der Waals surface area contributed by atoms with E-state index in [2.05, 4.69) is 15.3 Å². The van der Waals surface area contributed by atoms with Crippen LogP contribution in [-0.2, 0) is 11.2 Å². The summed E-state index contributed by atoms with van der Waals surface area (Å²) in [6.45, 7) is 7.38. The number of hydrogen-bond donors (Lipinski definition) is 2. The third kappa shape index (κ3) is 8.05. The Kier molecular flexibility index (Phi) is 10.4. The molecule has 3 amide bonds. The molecule has 2 aromatic carbocycles. The molecular formula is C37H42FN5O6S. The van der Waals surface area contributed by atoms with Gasteiger partial charge in [0.05, 0.1) is 37.0 Å². The zero-order chi connectivity index (χ0) is 35.6. The Bertz CT molecular complexity index is 1810. The van der Waals surface area contributed by atoms with Crippen LogP contribution in [-0.4, -0.2) is 85.8 Å². The molecule has 0 aliphatic carbocycles. The number of nitrogens with zero attached hydrogens (tertiary/aromatic N) is 4. The number of nitrogens with one attached hydrogen (secondary N) is 1. The van der Waals surface area contributed by atoms with Gasteiger partial charge in [0.2, 0.25) is 5.89 Å². The Hall–Kier alpha value is -4.62. The highest BCUT2D eigenvalue weighted by Crippen LogP contribution is 2.36. The highest BCUT2D eigenvalue weighted by molar-refractivity contribution is 7.09. The molecule has 5 atom stereocenters. The zero-order valence-corrected chi connectivity index (χ0v) is 29.4. The first kappa shape index (κ1) is 35.2. The smallest absolute Gasteiger partial charge is 0.410 e. The van der Waals surface area contributed by atoms with Crippen molar-refractivity contribution in [1.29, 1.82) is 0 Å². The number of halogens is 1. The lowest BCUT2D eigenvalue weighted by molar-refractivity contribution is -0.00173. The summed E-state index contributed by atoms with van der Waals surface area (Å²) in [6, 6.07) is 12.0. The van der Waals surface area contributed by atoms with Crippen molar-refractivity contribution in [3.05, 3.63) is 93.8 Å². The number of rotatable bonds is 9. The number of ether oxygens (including phenoxy) is 1. The van der Waals surface area contributed by atoms with E-state index in [1.165, 1.54) is 34.8 Å². The molecule has 50 heavy (non-hydrogen) atoms. The molecule has 6 rings (SSSR count). The van der Waals surface area contributed by atoms with Gasteiger partial charge in [-0.3, -0.25) is 14.5 Å². The first-order valence-corrected chi connectivity index (χ1v) is 17.7. The molecule has 2 N–H and O–H groups in total. The molecule has 0 spiro atoms. The van der Waals surface area contributed by atoms with Crippen molar-refractivity contribution in [2.75, 3.05) is 13.1 Å². The summed E-state index contributed by atoms with van der Waals surface area (Å²) in [5.41, 5.74) is 1.75. The molecule has 0 bridgehead atoms. The average Bonchev–Trinajstić information content (AvgIpc) is 3.91. The van der Waals surface area contributed by atoms with Gasteiger partial charge in [-0.15, -0.1) is 11.3 Å². The highest BCUT2D eigenvalue weighted by atomic mass is 32.1. The number of thiazole rings is 1. The molecule has 2 aliphatic heterocycles. The summed E-state index contributed by atoms with van der Waals surface area (Å²) in [6.07, 6.45) is 1.11. The third-order valence-electron chi connectivity index (χ3n) is 8.90. The average molecular weight is 704 g/mol. The predicted octanol–water partition coefficient (Wildman–Crippen LogP) is 6.13. The van der Waals surface area contributed by atoms with Gasteiger partial charge in [0.15, 0.2) is 0 Å². The van der Waals surface area contributed by atoms with Gasteiger partial charge in [-0.2, -0.15) is 0 Å². The molecule has 4 aromatic rings. The van der Waals surface area contributed by atoms with E-state index >= 15 is 0 Å². The molecule has 2 aromatic heterocycles. The predicted molar refractivity (Wildman–Crippen MR) is 185 cm³/mol. The van der Waals surface area contributed by atoms with E-state index in [0.717, 1.165) is 29.1 Å². The summed E-state index contributed by atoms with van der Waals surface area (Å²) >= 11 is 1.52. The van der Waals surface area contributed by atoms with E-state index in [4.69, 9.17) is 9.15 Å². The van der Waals surface area contributed by atoms with Gasteiger partial charge in [0.25, 0.3) is 11.8 Å². The van der Waals surface area contributed by atoms with Crippen LogP contribution in [0.15, 0.2) is 70.8 Å². The lowest BCUT2D eigenvalue weighted by Gasteiger charge is -2.34. The largest absolute Gasteiger partial charge is 0.445 e. The van der Waals surface area contributed by atoms with Gasteiger partial charge in [0.1, 0.15) is 23.0 Å². The fourth-order valence-electron chi connectivity index (χ4n) is 6.64. The molecule has 13 heteroatoms. The van der Waals surface area contributed by atoms with Crippen LogP contribution in [0.3, 0.4) is 0 Å². The van der Waals surface area contributed by atoms with Crippen LogP contribution < -0.4 is 5.32 Å². The van der Waals surface area contributed by atoms with Crippen molar-refractivity contribution < 1.29 is 33.0 Å². The highest BCUT2D eigenvalue weighted by Gasteiger charge is 2.44. The number of oxazole rings is 1. The second-order valence-electron chi connectivity index (χ2n) is 13.9. The van der Waals surface area contributed by atoms with E-state index < -0.39 is 42.0 Å². The molecule has 2 aliphatic rings. The van der Waals surface area contributed by atoms with Crippen molar-refractivity contribution in [3.63, 3.8) is 0 Å². The Morgan fingerprint density at radius 2 is 1.90 bits per heavy atom. The van der Waals surface area contributed by atoms with E-state index in [9.17, 15) is 23.9 Å². The standard InChI is InChI=1S/C37H42FN5O6S/c1-22-21-50-34(40-22)29-11-8-13-42(29)35(46)26-17-24(16-25(18-26)33-39-12-14-48-33)32(45)41-28(15-23-9-6-5-7-10-23)31(44)30-19-27(38)20-43(30)36(47)49-37(2,3)4/h5-7,9-10,12,14,16-18,21,27-31,44H,8,11,13,15,19-20H2,1-4H3,(H,41,45)/t27?,28-,29+,30?,31-/m0/s1. The number of aryl methyl sites for hydroxylation is 1. The van der Waals surface area contributed by atoms with Crippen LogP contribution in [0.1, 0.15) is 83.1 Å². The molecule has 0 saturated carbocycles. The summed E-state index contributed by atoms with van der Waals surface area (Å²) in [4.78, 5) is 53.2. The van der Waals surface area contributed by atoms with Gasteiger partial charge in [0, 0.05) is 40.7 Å². The van der Waals surface area contributed by atoms with Crippen LogP contribution in [0.2, 0.25) is 0 Å². The van der Waals surface area contributed by atoms with E-state index in [0.29, 0.717) is 12.1 Å². The molecule has 0 radical (unpaired) electrons. The van der Waals surface area contributed by atoms with Crippen LogP contribution in [0.25, 0.3) is 11.5 Å². The molecule has 4 heterocycles. The first-order valence-electron chi connectivity index (χ1n) is 16.8. The molecular weight excluding hydrogens is 662 g/mol. The number of likely N-dealkylation sites (tertiary alicyclic amines) is 2. The number of alkyl halides is 1. The molecule has 2 saturated heterocycles. The van der Waals surface area contributed by atoms with Crippen LogP contribution >= 0.6 is 11.3 Å². The maximum absolute atomic E-state index is 14.9. The molecule has 2 fully saturated rings. The Balaban J connectivity index is 1.31. The van der Waals surface area contributed by atoms with Crippen LogP contribution in [0.5, 0.6) is 0 Å². The van der Waals surface area contributed by atoms with Gasteiger partial charge < -0.3 is 24.5 Å². The Morgan fingerprint density at radius 3 is 2.58 bits per heavy atom. The Labute approximate surface area is 294 Å². The fraction of sp³-hybridized carbons (Fsp3) is 0.432. The van der Waals surface area contributed by atoms with Crippen molar-refractivity contribution in [1.82, 2.24) is 25.1 Å².